The first-order valence-electron chi connectivity index (χ1n) is 7.03. The lowest BCUT2D eigenvalue weighted by Gasteiger charge is -2.12. The summed E-state index contributed by atoms with van der Waals surface area (Å²) in [6, 6.07) is 11.4. The fraction of sp³-hybridized carbons (Fsp3) is 0.375. The van der Waals surface area contributed by atoms with Crippen LogP contribution in [-0.2, 0) is 11.3 Å². The van der Waals surface area contributed by atoms with Crippen LogP contribution in [-0.4, -0.2) is 17.7 Å². The van der Waals surface area contributed by atoms with E-state index in [4.69, 9.17) is 9.26 Å². The highest BCUT2D eigenvalue weighted by Crippen LogP contribution is 2.10. The third kappa shape index (κ3) is 4.95. The maximum atomic E-state index is 11.9. The Bertz CT molecular complexity index is 566. The van der Waals surface area contributed by atoms with E-state index < -0.39 is 0 Å². The van der Waals surface area contributed by atoms with Crippen molar-refractivity contribution in [3.63, 3.8) is 0 Å². The normalized spacial score (nSPS) is 11.9. The highest BCUT2D eigenvalue weighted by atomic mass is 16.5. The van der Waals surface area contributed by atoms with Crippen LogP contribution in [0, 0.1) is 12.8 Å². The van der Waals surface area contributed by atoms with E-state index in [-0.39, 0.29) is 11.8 Å². The molecule has 2 aromatic rings. The Hall–Kier alpha value is -2.30. The molecule has 0 spiro atoms. The van der Waals surface area contributed by atoms with Gasteiger partial charge < -0.3 is 14.6 Å². The molecule has 1 N–H and O–H groups in total. The largest absolute Gasteiger partial charge is 0.494 e. The Morgan fingerprint density at radius 3 is 2.81 bits per heavy atom. The molecule has 5 heteroatoms. The van der Waals surface area contributed by atoms with Gasteiger partial charge in [-0.1, -0.05) is 30.3 Å². The molecule has 0 radical (unpaired) electrons. The summed E-state index contributed by atoms with van der Waals surface area (Å²) in [6.45, 7) is 4.61. The number of nitrogens with one attached hydrogen (secondary N) is 1. The van der Waals surface area contributed by atoms with Crippen molar-refractivity contribution in [3.05, 3.63) is 47.9 Å². The monoisotopic (exact) mass is 288 g/mol. The number of carbonyl (C=O) groups excluding carboxylic acids is 1. The molecule has 0 aliphatic heterocycles. The average Bonchev–Trinajstić information content (AvgIpc) is 2.91. The third-order valence-corrected chi connectivity index (χ3v) is 3.13. The van der Waals surface area contributed by atoms with Gasteiger partial charge >= 0.3 is 0 Å². The van der Waals surface area contributed by atoms with Gasteiger partial charge in [-0.25, -0.2) is 0 Å². The molecule has 0 unspecified atom stereocenters. The third-order valence-electron chi connectivity index (χ3n) is 3.13. The van der Waals surface area contributed by atoms with Crippen LogP contribution in [0.5, 0.6) is 5.75 Å². The number of benzene rings is 1. The summed E-state index contributed by atoms with van der Waals surface area (Å²) in [5.41, 5.74) is 0.730. The van der Waals surface area contributed by atoms with E-state index in [2.05, 4.69) is 10.5 Å². The lowest BCUT2D eigenvalue weighted by atomic mass is 10.1. The average molecular weight is 288 g/mol. The number of hydrogen-bond acceptors (Lipinski definition) is 4. The Morgan fingerprint density at radius 1 is 1.38 bits per heavy atom. The molecule has 0 saturated carbocycles. The zero-order chi connectivity index (χ0) is 15.1. The van der Waals surface area contributed by atoms with Crippen molar-refractivity contribution >= 4 is 5.91 Å². The summed E-state index contributed by atoms with van der Waals surface area (Å²) in [7, 11) is 0. The first-order chi connectivity index (χ1) is 10.1. The lowest BCUT2D eigenvalue weighted by Crippen LogP contribution is -2.29. The summed E-state index contributed by atoms with van der Waals surface area (Å²) in [6.07, 6.45) is 0.665. The van der Waals surface area contributed by atoms with Gasteiger partial charge in [-0.3, -0.25) is 4.79 Å². The topological polar surface area (TPSA) is 64.4 Å². The molecule has 0 bridgehead atoms. The standard InChI is InChI=1S/C16H20N2O3/c1-12(8-9-20-15-6-4-3-5-7-15)16(19)17-11-14-10-13(2)21-18-14/h3-7,10,12H,8-9,11H2,1-2H3,(H,17,19)/t12-/m1/s1. The van der Waals surface area contributed by atoms with Gasteiger partial charge in [-0.15, -0.1) is 0 Å². The van der Waals surface area contributed by atoms with Crippen LogP contribution in [0.2, 0.25) is 0 Å². The molecule has 0 saturated heterocycles. The molecule has 0 fully saturated rings. The SMILES string of the molecule is Cc1cc(CNC(=O)[C@H](C)CCOc2ccccc2)no1. The molecule has 5 nitrogen and oxygen atoms in total. The van der Waals surface area contributed by atoms with Crippen molar-refractivity contribution in [2.75, 3.05) is 6.61 Å². The number of para-hydroxylation sites is 1. The molecular formula is C16H20N2O3. The van der Waals surface area contributed by atoms with Crippen LogP contribution in [0.25, 0.3) is 0 Å². The van der Waals surface area contributed by atoms with E-state index >= 15 is 0 Å². The van der Waals surface area contributed by atoms with E-state index in [0.717, 1.165) is 17.2 Å². The molecule has 0 aliphatic rings. The summed E-state index contributed by atoms with van der Waals surface area (Å²) in [5.74, 6) is 1.45. The fourth-order valence-corrected chi connectivity index (χ4v) is 1.85. The first-order valence-corrected chi connectivity index (χ1v) is 7.03. The molecule has 1 amide bonds. The molecule has 1 aromatic carbocycles. The highest BCUT2D eigenvalue weighted by molar-refractivity contribution is 5.78. The number of ether oxygens (including phenoxy) is 1. The van der Waals surface area contributed by atoms with Crippen molar-refractivity contribution in [1.29, 1.82) is 0 Å². The van der Waals surface area contributed by atoms with Gasteiger partial charge in [-0.05, 0) is 25.5 Å². The summed E-state index contributed by atoms with van der Waals surface area (Å²) >= 11 is 0. The van der Waals surface area contributed by atoms with Crippen molar-refractivity contribution < 1.29 is 14.1 Å². The van der Waals surface area contributed by atoms with Crippen LogP contribution in [0.15, 0.2) is 40.9 Å². The Kier molecular flexibility index (Phi) is 5.37. The number of carbonyl (C=O) groups is 1. The molecule has 1 atom stereocenters. The van der Waals surface area contributed by atoms with Gasteiger partial charge in [0.15, 0.2) is 0 Å². The number of rotatable bonds is 7. The minimum absolute atomic E-state index is 0.00712. The number of hydrogen-bond donors (Lipinski definition) is 1. The number of amides is 1. The van der Waals surface area contributed by atoms with Crippen LogP contribution >= 0.6 is 0 Å². The number of aromatic nitrogens is 1. The maximum absolute atomic E-state index is 11.9. The Balaban J connectivity index is 1.67. The van der Waals surface area contributed by atoms with E-state index in [9.17, 15) is 4.79 Å². The highest BCUT2D eigenvalue weighted by Gasteiger charge is 2.13. The quantitative estimate of drug-likeness (QED) is 0.850. The van der Waals surface area contributed by atoms with E-state index in [1.54, 1.807) is 0 Å². The van der Waals surface area contributed by atoms with E-state index in [1.165, 1.54) is 0 Å². The molecule has 1 heterocycles. The van der Waals surface area contributed by atoms with Crippen LogP contribution < -0.4 is 10.1 Å². The maximum Gasteiger partial charge on any atom is 0.223 e. The van der Waals surface area contributed by atoms with Gasteiger partial charge in [0.2, 0.25) is 5.91 Å². The van der Waals surface area contributed by atoms with Crippen LogP contribution in [0.4, 0.5) is 0 Å². The minimum atomic E-state index is -0.110. The summed E-state index contributed by atoms with van der Waals surface area (Å²) in [4.78, 5) is 11.9. The van der Waals surface area contributed by atoms with Gasteiger partial charge in [0.25, 0.3) is 0 Å². The van der Waals surface area contributed by atoms with Gasteiger partial charge in [0.05, 0.1) is 13.2 Å². The first kappa shape index (κ1) is 15.1. The number of nitrogens with zero attached hydrogens (tertiary/aromatic N) is 1. The van der Waals surface area contributed by atoms with Gasteiger partial charge in [0, 0.05) is 12.0 Å². The molecule has 2 rings (SSSR count). The molecule has 1 aromatic heterocycles. The lowest BCUT2D eigenvalue weighted by molar-refractivity contribution is -0.125. The fourth-order valence-electron chi connectivity index (χ4n) is 1.85. The predicted octanol–water partition coefficient (Wildman–Crippen LogP) is 2.70. The second-order valence-corrected chi connectivity index (χ2v) is 5.00. The Labute approximate surface area is 124 Å². The zero-order valence-electron chi connectivity index (χ0n) is 12.3. The second kappa shape index (κ2) is 7.47. The number of aryl methyl sites for hydroxylation is 1. The molecule has 0 aliphatic carbocycles. The summed E-state index contributed by atoms with van der Waals surface area (Å²) in [5, 5.41) is 6.68. The molecular weight excluding hydrogens is 268 g/mol. The zero-order valence-corrected chi connectivity index (χ0v) is 12.3. The smallest absolute Gasteiger partial charge is 0.223 e. The van der Waals surface area contributed by atoms with Crippen molar-refractivity contribution in [2.24, 2.45) is 5.92 Å². The van der Waals surface area contributed by atoms with E-state index in [1.807, 2.05) is 50.2 Å². The van der Waals surface area contributed by atoms with Crippen molar-refractivity contribution in [2.45, 2.75) is 26.8 Å². The van der Waals surface area contributed by atoms with E-state index in [0.29, 0.717) is 19.6 Å². The second-order valence-electron chi connectivity index (χ2n) is 5.00. The minimum Gasteiger partial charge on any atom is -0.494 e. The molecule has 21 heavy (non-hydrogen) atoms. The summed E-state index contributed by atoms with van der Waals surface area (Å²) < 4.78 is 10.5. The van der Waals surface area contributed by atoms with Gasteiger partial charge in [0.1, 0.15) is 17.2 Å². The molecule has 112 valence electrons. The van der Waals surface area contributed by atoms with Crippen molar-refractivity contribution in [3.8, 4) is 5.75 Å². The van der Waals surface area contributed by atoms with Crippen LogP contribution in [0.3, 0.4) is 0 Å². The predicted molar refractivity (Wildman–Crippen MR) is 78.8 cm³/mol. The van der Waals surface area contributed by atoms with Gasteiger partial charge in [-0.2, -0.15) is 0 Å². The van der Waals surface area contributed by atoms with Crippen molar-refractivity contribution in [1.82, 2.24) is 10.5 Å². The van der Waals surface area contributed by atoms with Crippen LogP contribution in [0.1, 0.15) is 24.8 Å². The Morgan fingerprint density at radius 2 is 2.14 bits per heavy atom.